The summed E-state index contributed by atoms with van der Waals surface area (Å²) in [5.74, 6) is -0.516. The molecular formula is C16H21NO4. The van der Waals surface area contributed by atoms with E-state index in [9.17, 15) is 4.79 Å². The molecule has 5 nitrogen and oxygen atoms in total. The molecule has 1 aliphatic carbocycles. The summed E-state index contributed by atoms with van der Waals surface area (Å²) < 4.78 is 11.9. The number of aromatic carboxylic acids is 1. The van der Waals surface area contributed by atoms with Crippen LogP contribution >= 0.6 is 0 Å². The van der Waals surface area contributed by atoms with Crippen LogP contribution in [0.25, 0.3) is 0 Å². The molecule has 5 heteroatoms. The van der Waals surface area contributed by atoms with Crippen molar-refractivity contribution in [2.45, 2.75) is 50.2 Å². The number of hydrogen-bond acceptors (Lipinski definition) is 4. The predicted molar refractivity (Wildman–Crippen MR) is 78.6 cm³/mol. The highest BCUT2D eigenvalue weighted by Crippen LogP contribution is 2.43. The van der Waals surface area contributed by atoms with Crippen LogP contribution < -0.4 is 10.5 Å². The van der Waals surface area contributed by atoms with Gasteiger partial charge in [0.05, 0.1) is 17.3 Å². The van der Waals surface area contributed by atoms with Gasteiger partial charge in [-0.3, -0.25) is 0 Å². The first kappa shape index (κ1) is 14.2. The van der Waals surface area contributed by atoms with Crippen molar-refractivity contribution < 1.29 is 19.4 Å². The molecule has 3 rings (SSSR count). The molecule has 1 aliphatic heterocycles. The van der Waals surface area contributed by atoms with Crippen molar-refractivity contribution >= 4 is 11.7 Å². The molecule has 2 aliphatic rings. The maximum Gasteiger partial charge on any atom is 0.337 e. The fraction of sp³-hybridized carbons (Fsp3) is 0.562. The van der Waals surface area contributed by atoms with Crippen LogP contribution in [0.5, 0.6) is 5.75 Å². The van der Waals surface area contributed by atoms with Crippen molar-refractivity contribution in [1.82, 2.24) is 0 Å². The number of benzene rings is 1. The van der Waals surface area contributed by atoms with Gasteiger partial charge in [0.25, 0.3) is 0 Å². The van der Waals surface area contributed by atoms with E-state index in [2.05, 4.69) is 0 Å². The number of nitrogen functional groups attached to an aromatic ring is 1. The first-order valence-corrected chi connectivity index (χ1v) is 7.51. The van der Waals surface area contributed by atoms with E-state index in [0.29, 0.717) is 12.4 Å². The summed E-state index contributed by atoms with van der Waals surface area (Å²) in [5, 5.41) is 9.05. The Morgan fingerprint density at radius 3 is 2.86 bits per heavy atom. The lowest BCUT2D eigenvalue weighted by molar-refractivity contribution is -0.0508. The third kappa shape index (κ3) is 2.97. The molecule has 3 N–H and O–H groups in total. The van der Waals surface area contributed by atoms with Gasteiger partial charge in [0.2, 0.25) is 0 Å². The second-order valence-corrected chi connectivity index (χ2v) is 6.03. The van der Waals surface area contributed by atoms with Crippen molar-refractivity contribution in [1.29, 1.82) is 0 Å². The Bertz CT molecular complexity index is 537. The van der Waals surface area contributed by atoms with Gasteiger partial charge in [-0.05, 0) is 43.9 Å². The number of anilines is 1. The van der Waals surface area contributed by atoms with Crippen LogP contribution in [0.4, 0.5) is 5.69 Å². The third-order valence-electron chi connectivity index (χ3n) is 4.54. The molecule has 2 fully saturated rings. The van der Waals surface area contributed by atoms with E-state index in [4.69, 9.17) is 20.3 Å². The molecule has 114 valence electrons. The van der Waals surface area contributed by atoms with Gasteiger partial charge in [-0.2, -0.15) is 0 Å². The SMILES string of the molecule is Nc1ccc(OCC2CCC3(CCCC3)O2)cc1C(=O)O. The maximum atomic E-state index is 11.0. The Labute approximate surface area is 124 Å². The Balaban J connectivity index is 1.58. The highest BCUT2D eigenvalue weighted by Gasteiger charge is 2.42. The average Bonchev–Trinajstić information content (AvgIpc) is 3.08. The highest BCUT2D eigenvalue weighted by atomic mass is 16.6. The molecule has 1 aromatic rings. The lowest BCUT2D eigenvalue weighted by Gasteiger charge is -2.23. The van der Waals surface area contributed by atoms with Crippen LogP contribution in [0.15, 0.2) is 18.2 Å². The molecule has 1 unspecified atom stereocenters. The molecule has 0 bridgehead atoms. The van der Waals surface area contributed by atoms with E-state index in [0.717, 1.165) is 25.7 Å². The molecule has 1 saturated carbocycles. The monoisotopic (exact) mass is 291 g/mol. The zero-order chi connectivity index (χ0) is 14.9. The minimum absolute atomic E-state index is 0.0760. The van der Waals surface area contributed by atoms with E-state index >= 15 is 0 Å². The van der Waals surface area contributed by atoms with Gasteiger partial charge in [0.15, 0.2) is 0 Å². The van der Waals surface area contributed by atoms with Gasteiger partial charge < -0.3 is 20.3 Å². The Morgan fingerprint density at radius 1 is 1.38 bits per heavy atom. The number of rotatable bonds is 4. The number of ether oxygens (including phenoxy) is 2. The van der Waals surface area contributed by atoms with Crippen LogP contribution in [-0.2, 0) is 4.74 Å². The number of carboxylic acid groups (broad SMARTS) is 1. The normalized spacial score (nSPS) is 23.5. The van der Waals surface area contributed by atoms with Gasteiger partial charge in [-0.15, -0.1) is 0 Å². The quantitative estimate of drug-likeness (QED) is 0.834. The molecule has 1 aromatic carbocycles. The average molecular weight is 291 g/mol. The van der Waals surface area contributed by atoms with E-state index in [1.165, 1.54) is 18.9 Å². The molecule has 1 saturated heterocycles. The second-order valence-electron chi connectivity index (χ2n) is 6.03. The number of hydrogen-bond donors (Lipinski definition) is 2. The van der Waals surface area contributed by atoms with Crippen molar-refractivity contribution in [3.05, 3.63) is 23.8 Å². The first-order valence-electron chi connectivity index (χ1n) is 7.51. The minimum atomic E-state index is -1.04. The first-order chi connectivity index (χ1) is 10.1. The Morgan fingerprint density at radius 2 is 2.14 bits per heavy atom. The zero-order valence-electron chi connectivity index (χ0n) is 12.0. The Hall–Kier alpha value is -1.75. The van der Waals surface area contributed by atoms with Crippen molar-refractivity contribution in [3.8, 4) is 5.75 Å². The lowest BCUT2D eigenvalue weighted by Crippen LogP contribution is -2.27. The summed E-state index contributed by atoms with van der Waals surface area (Å²) in [5.41, 5.74) is 6.05. The zero-order valence-corrected chi connectivity index (χ0v) is 12.0. The molecule has 0 aromatic heterocycles. The van der Waals surface area contributed by atoms with E-state index in [1.807, 2.05) is 0 Å². The Kier molecular flexibility index (Phi) is 3.76. The van der Waals surface area contributed by atoms with Crippen LogP contribution in [-0.4, -0.2) is 29.4 Å². The van der Waals surface area contributed by atoms with Crippen molar-refractivity contribution in [2.24, 2.45) is 0 Å². The standard InChI is InChI=1S/C16H21NO4/c17-14-4-3-11(9-13(14)15(18)19)20-10-12-5-8-16(21-12)6-1-2-7-16/h3-4,9,12H,1-2,5-8,10,17H2,(H,18,19). The van der Waals surface area contributed by atoms with Gasteiger partial charge in [0.1, 0.15) is 12.4 Å². The third-order valence-corrected chi connectivity index (χ3v) is 4.54. The summed E-state index contributed by atoms with van der Waals surface area (Å²) in [7, 11) is 0. The smallest absolute Gasteiger partial charge is 0.337 e. The summed E-state index contributed by atoms with van der Waals surface area (Å²) >= 11 is 0. The number of nitrogens with two attached hydrogens (primary N) is 1. The summed E-state index contributed by atoms with van der Waals surface area (Å²) in [6.07, 6.45) is 7.07. The van der Waals surface area contributed by atoms with E-state index in [1.54, 1.807) is 12.1 Å². The van der Waals surface area contributed by atoms with E-state index < -0.39 is 5.97 Å². The maximum absolute atomic E-state index is 11.0. The van der Waals surface area contributed by atoms with Gasteiger partial charge in [0, 0.05) is 5.69 Å². The molecule has 0 radical (unpaired) electrons. The van der Waals surface area contributed by atoms with Gasteiger partial charge >= 0.3 is 5.97 Å². The summed E-state index contributed by atoms with van der Waals surface area (Å²) in [4.78, 5) is 11.0. The topological polar surface area (TPSA) is 81.8 Å². The highest BCUT2D eigenvalue weighted by molar-refractivity contribution is 5.94. The molecule has 0 amide bonds. The fourth-order valence-electron chi connectivity index (χ4n) is 3.40. The van der Waals surface area contributed by atoms with Crippen molar-refractivity contribution in [3.63, 3.8) is 0 Å². The van der Waals surface area contributed by atoms with Crippen LogP contribution in [0.1, 0.15) is 48.9 Å². The van der Waals surface area contributed by atoms with Gasteiger partial charge in [-0.25, -0.2) is 4.79 Å². The predicted octanol–water partition coefficient (Wildman–Crippen LogP) is 2.84. The fourth-order valence-corrected chi connectivity index (χ4v) is 3.40. The van der Waals surface area contributed by atoms with E-state index in [-0.39, 0.29) is 23.0 Å². The number of carbonyl (C=O) groups is 1. The largest absolute Gasteiger partial charge is 0.491 e. The molecule has 1 spiro atoms. The molecule has 1 atom stereocenters. The van der Waals surface area contributed by atoms with Crippen molar-refractivity contribution in [2.75, 3.05) is 12.3 Å². The van der Waals surface area contributed by atoms with Crippen LogP contribution in [0.2, 0.25) is 0 Å². The summed E-state index contributed by atoms with van der Waals surface area (Å²) in [6.45, 7) is 0.463. The lowest BCUT2D eigenvalue weighted by atomic mass is 9.98. The van der Waals surface area contributed by atoms with Crippen LogP contribution in [0, 0.1) is 0 Å². The second kappa shape index (κ2) is 5.56. The van der Waals surface area contributed by atoms with Crippen LogP contribution in [0.3, 0.4) is 0 Å². The number of carboxylic acids is 1. The molecule has 21 heavy (non-hydrogen) atoms. The molecular weight excluding hydrogens is 270 g/mol. The minimum Gasteiger partial charge on any atom is -0.491 e. The van der Waals surface area contributed by atoms with Gasteiger partial charge in [-0.1, -0.05) is 12.8 Å². The molecule has 1 heterocycles. The summed E-state index contributed by atoms with van der Waals surface area (Å²) in [6, 6.07) is 4.73.